The van der Waals surface area contributed by atoms with Gasteiger partial charge in [-0.25, -0.2) is 4.39 Å². The number of benzene rings is 1. The highest BCUT2D eigenvalue weighted by Crippen LogP contribution is 2.21. The van der Waals surface area contributed by atoms with Crippen molar-refractivity contribution < 1.29 is 4.39 Å². The lowest BCUT2D eigenvalue weighted by Gasteiger charge is -2.04. The molecule has 68 valence electrons. The maximum absolute atomic E-state index is 13.2. The lowest BCUT2D eigenvalue weighted by molar-refractivity contribution is 0.631. The van der Waals surface area contributed by atoms with Gasteiger partial charge in [0.2, 0.25) is 0 Å². The summed E-state index contributed by atoms with van der Waals surface area (Å²) < 4.78 is 13.2. The predicted octanol–water partition coefficient (Wildman–Crippen LogP) is 2.91. The molecule has 0 unspecified atom stereocenters. The number of nitrogens with one attached hydrogen (secondary N) is 1. The van der Waals surface area contributed by atoms with Crippen LogP contribution in [0.25, 0.3) is 0 Å². The summed E-state index contributed by atoms with van der Waals surface area (Å²) in [5, 5.41) is 2.94. The minimum absolute atomic E-state index is 0.120. The van der Waals surface area contributed by atoms with Crippen LogP contribution in [0.3, 0.4) is 0 Å². The molecule has 0 radical (unpaired) electrons. The first-order valence-electron chi connectivity index (χ1n) is 3.83. The largest absolute Gasteiger partial charge is 0.372 e. The molecule has 0 spiro atoms. The highest BCUT2D eigenvalue weighted by Gasteiger charge is 2.03. The Balaban J connectivity index is 2.75. The fourth-order valence-electron chi connectivity index (χ4n) is 0.868. The number of anilines is 1. The molecule has 0 saturated carbocycles. The number of hydrogen-bond acceptors (Lipinski definition) is 1. The Kier molecular flexibility index (Phi) is 3.60. The summed E-state index contributed by atoms with van der Waals surface area (Å²) in [4.78, 5) is 0. The molecule has 1 aromatic carbocycles. The summed E-state index contributed by atoms with van der Waals surface area (Å²) in [6, 6.07) is 4.82. The first-order valence-corrected chi connectivity index (χ1v) is 4.21. The van der Waals surface area contributed by atoms with Gasteiger partial charge in [0, 0.05) is 0 Å². The third-order valence-electron chi connectivity index (χ3n) is 1.50. The molecule has 1 N–H and O–H groups in total. The first-order chi connectivity index (χ1) is 6.25. The summed E-state index contributed by atoms with van der Waals surface area (Å²) in [6.45, 7) is 2.16. The van der Waals surface area contributed by atoms with Gasteiger partial charge < -0.3 is 5.32 Å². The van der Waals surface area contributed by atoms with E-state index in [1.807, 2.05) is 0 Å². The van der Waals surface area contributed by atoms with Crippen LogP contribution in [-0.2, 0) is 0 Å². The Morgan fingerprint density at radius 1 is 1.54 bits per heavy atom. The highest BCUT2D eigenvalue weighted by atomic mass is 35.5. The van der Waals surface area contributed by atoms with Crippen molar-refractivity contribution in [3.05, 3.63) is 29.0 Å². The molecule has 1 nitrogen and oxygen atoms in total. The Morgan fingerprint density at radius 3 is 3.00 bits per heavy atom. The molecule has 1 rings (SSSR count). The van der Waals surface area contributed by atoms with Gasteiger partial charge in [-0.15, -0.1) is 5.92 Å². The third kappa shape index (κ3) is 2.64. The fourth-order valence-corrected chi connectivity index (χ4v) is 1.04. The van der Waals surface area contributed by atoms with E-state index in [0.717, 1.165) is 0 Å². The SMILES string of the molecule is CC#CCNc1cccc(Cl)c1F. The molecule has 3 heteroatoms. The van der Waals surface area contributed by atoms with Crippen molar-refractivity contribution in [3.63, 3.8) is 0 Å². The molecular weight excluding hydrogens is 189 g/mol. The Hall–Kier alpha value is -1.20. The second-order valence-electron chi connectivity index (χ2n) is 2.38. The number of hydrogen-bond donors (Lipinski definition) is 1. The lowest BCUT2D eigenvalue weighted by atomic mass is 10.3. The van der Waals surface area contributed by atoms with E-state index in [-0.39, 0.29) is 5.02 Å². The zero-order valence-electron chi connectivity index (χ0n) is 7.20. The maximum atomic E-state index is 13.2. The highest BCUT2D eigenvalue weighted by molar-refractivity contribution is 6.31. The Bertz CT molecular complexity index is 352. The lowest BCUT2D eigenvalue weighted by Crippen LogP contribution is -2.00. The van der Waals surface area contributed by atoms with Gasteiger partial charge >= 0.3 is 0 Å². The normalized spacial score (nSPS) is 8.85. The molecule has 0 aliphatic rings. The van der Waals surface area contributed by atoms with Crippen LogP contribution in [0.2, 0.25) is 5.02 Å². The zero-order valence-corrected chi connectivity index (χ0v) is 7.95. The Morgan fingerprint density at radius 2 is 2.31 bits per heavy atom. The summed E-state index contributed by atoms with van der Waals surface area (Å²) in [5.41, 5.74) is 0.384. The van der Waals surface area contributed by atoms with Crippen LogP contribution < -0.4 is 5.32 Å². The molecule has 0 saturated heterocycles. The first kappa shape index (κ1) is 9.88. The van der Waals surface area contributed by atoms with Crippen LogP contribution in [0.4, 0.5) is 10.1 Å². The topological polar surface area (TPSA) is 12.0 Å². The van der Waals surface area contributed by atoms with E-state index < -0.39 is 5.82 Å². The van der Waals surface area contributed by atoms with Crippen molar-refractivity contribution in [2.45, 2.75) is 6.92 Å². The van der Waals surface area contributed by atoms with E-state index in [0.29, 0.717) is 12.2 Å². The van der Waals surface area contributed by atoms with Gasteiger partial charge in [-0.1, -0.05) is 23.6 Å². The summed E-state index contributed by atoms with van der Waals surface area (Å²) in [7, 11) is 0. The molecule has 1 aromatic rings. The standard InChI is InChI=1S/C10H9ClFN/c1-2-3-7-13-9-6-4-5-8(11)10(9)12/h4-6,13H,7H2,1H3. The van der Waals surface area contributed by atoms with Crippen molar-refractivity contribution in [3.8, 4) is 11.8 Å². The predicted molar refractivity (Wildman–Crippen MR) is 53.3 cm³/mol. The van der Waals surface area contributed by atoms with Gasteiger partial charge in [0.15, 0.2) is 5.82 Å². The van der Waals surface area contributed by atoms with E-state index >= 15 is 0 Å². The van der Waals surface area contributed by atoms with Crippen LogP contribution in [0.1, 0.15) is 6.92 Å². The van der Waals surface area contributed by atoms with Gasteiger partial charge in [0.25, 0.3) is 0 Å². The summed E-state index contributed by atoms with van der Waals surface area (Å²) in [6.07, 6.45) is 0. The van der Waals surface area contributed by atoms with Gasteiger partial charge in [0.05, 0.1) is 17.3 Å². The van der Waals surface area contributed by atoms with E-state index in [2.05, 4.69) is 17.2 Å². The molecule has 0 amide bonds. The van der Waals surface area contributed by atoms with Crippen LogP contribution in [0.5, 0.6) is 0 Å². The van der Waals surface area contributed by atoms with Crippen molar-refractivity contribution in [2.75, 3.05) is 11.9 Å². The molecule has 0 bridgehead atoms. The summed E-state index contributed by atoms with van der Waals surface area (Å²) >= 11 is 5.58. The van der Waals surface area contributed by atoms with E-state index in [1.54, 1.807) is 19.1 Å². The van der Waals surface area contributed by atoms with E-state index in [9.17, 15) is 4.39 Å². The molecule has 0 heterocycles. The molecule has 13 heavy (non-hydrogen) atoms. The molecule has 0 aromatic heterocycles. The molecular formula is C10H9ClFN. The van der Waals surface area contributed by atoms with Crippen LogP contribution in [0, 0.1) is 17.7 Å². The second kappa shape index (κ2) is 4.74. The van der Waals surface area contributed by atoms with Crippen LogP contribution >= 0.6 is 11.6 Å². The average Bonchev–Trinajstić information content (AvgIpc) is 2.13. The zero-order chi connectivity index (χ0) is 9.68. The minimum Gasteiger partial charge on any atom is -0.372 e. The third-order valence-corrected chi connectivity index (χ3v) is 1.79. The van der Waals surface area contributed by atoms with Crippen LogP contribution in [0.15, 0.2) is 18.2 Å². The molecule has 0 fully saturated rings. The van der Waals surface area contributed by atoms with E-state index in [4.69, 9.17) is 11.6 Å². The van der Waals surface area contributed by atoms with Crippen molar-refractivity contribution in [1.82, 2.24) is 0 Å². The maximum Gasteiger partial charge on any atom is 0.164 e. The quantitative estimate of drug-likeness (QED) is 0.719. The second-order valence-corrected chi connectivity index (χ2v) is 2.79. The van der Waals surface area contributed by atoms with Crippen molar-refractivity contribution in [1.29, 1.82) is 0 Å². The molecule has 0 atom stereocenters. The number of halogens is 2. The van der Waals surface area contributed by atoms with Gasteiger partial charge in [-0.2, -0.15) is 0 Å². The Labute approximate surface area is 81.9 Å². The number of rotatable bonds is 2. The minimum atomic E-state index is -0.429. The van der Waals surface area contributed by atoms with Gasteiger partial charge in [-0.3, -0.25) is 0 Å². The average molecular weight is 198 g/mol. The van der Waals surface area contributed by atoms with Crippen LogP contribution in [-0.4, -0.2) is 6.54 Å². The van der Waals surface area contributed by atoms with Gasteiger partial charge in [0.1, 0.15) is 0 Å². The molecule has 0 aliphatic heterocycles. The van der Waals surface area contributed by atoms with Gasteiger partial charge in [-0.05, 0) is 19.1 Å². The summed E-state index contributed by atoms with van der Waals surface area (Å²) in [5.74, 6) is 5.05. The van der Waals surface area contributed by atoms with E-state index in [1.165, 1.54) is 6.07 Å². The van der Waals surface area contributed by atoms with Crippen molar-refractivity contribution >= 4 is 17.3 Å². The fraction of sp³-hybridized carbons (Fsp3) is 0.200. The monoisotopic (exact) mass is 197 g/mol. The molecule has 0 aliphatic carbocycles. The van der Waals surface area contributed by atoms with Crippen molar-refractivity contribution in [2.24, 2.45) is 0 Å². The smallest absolute Gasteiger partial charge is 0.164 e.